The molecule has 0 spiro atoms. The van der Waals surface area contributed by atoms with Crippen molar-refractivity contribution in [3.05, 3.63) is 23.6 Å². The number of pyridine rings is 1. The van der Waals surface area contributed by atoms with Gasteiger partial charge in [0.05, 0.1) is 15.0 Å². The van der Waals surface area contributed by atoms with E-state index in [1.54, 1.807) is 34.6 Å². The number of carbonyl (C=O) groups excluding carboxylic acids is 1. The fourth-order valence-electron chi connectivity index (χ4n) is 4.18. The standard InChI is InChI=1S/C18H24FN5O3S/c1-16(2)14-22-15(25)27-17(3,4)23-12-7-6-10(19)13(21-12)18(5,24-14)11-8-9-20-28(11,16)26/h6-7,11H,8-9H2,1-5H3,(H,21,23)(H,22,24,25)/t11-,18-,28?/m1/s1. The van der Waals surface area contributed by atoms with E-state index in [1.165, 1.54) is 12.1 Å². The summed E-state index contributed by atoms with van der Waals surface area (Å²) in [6.07, 6.45) is -0.244. The molecule has 152 valence electrons. The molecule has 4 rings (SSSR count). The number of ether oxygens (including phenoxy) is 1. The lowest BCUT2D eigenvalue weighted by atomic mass is 9.89. The van der Waals surface area contributed by atoms with Gasteiger partial charge in [-0.2, -0.15) is 0 Å². The highest BCUT2D eigenvalue weighted by Crippen LogP contribution is 2.47. The van der Waals surface area contributed by atoms with E-state index in [4.69, 9.17) is 9.73 Å². The van der Waals surface area contributed by atoms with E-state index < -0.39 is 42.9 Å². The lowest BCUT2D eigenvalue weighted by molar-refractivity contribution is 0.0623. The van der Waals surface area contributed by atoms with Crippen LogP contribution in [0.3, 0.4) is 0 Å². The maximum absolute atomic E-state index is 14.9. The number of hydrogen-bond donors (Lipinski definition) is 2. The summed E-state index contributed by atoms with van der Waals surface area (Å²) >= 11 is 0. The largest absolute Gasteiger partial charge is 0.423 e. The molecule has 0 saturated heterocycles. The number of amides is 1. The molecule has 10 heteroatoms. The van der Waals surface area contributed by atoms with Gasteiger partial charge in [0, 0.05) is 6.54 Å². The van der Waals surface area contributed by atoms with E-state index in [0.717, 1.165) is 0 Å². The van der Waals surface area contributed by atoms with Crippen molar-refractivity contribution in [3.63, 3.8) is 0 Å². The lowest BCUT2D eigenvalue weighted by Crippen LogP contribution is -2.60. The molecule has 1 amide bonds. The number of aromatic nitrogens is 1. The zero-order valence-electron chi connectivity index (χ0n) is 16.5. The summed E-state index contributed by atoms with van der Waals surface area (Å²) in [7, 11) is -2.87. The van der Waals surface area contributed by atoms with Gasteiger partial charge in [-0.1, -0.05) is 0 Å². The van der Waals surface area contributed by atoms with Gasteiger partial charge in [-0.05, 0) is 53.2 Å². The van der Waals surface area contributed by atoms with Gasteiger partial charge < -0.3 is 10.1 Å². The van der Waals surface area contributed by atoms with Crippen LogP contribution in [0, 0.1) is 5.82 Å². The lowest BCUT2D eigenvalue weighted by Gasteiger charge is -2.44. The quantitative estimate of drug-likeness (QED) is 0.685. The highest BCUT2D eigenvalue weighted by molar-refractivity contribution is 7.96. The Morgan fingerprint density at radius 2 is 1.96 bits per heavy atom. The molecule has 3 aliphatic rings. The predicted octanol–water partition coefficient (Wildman–Crippen LogP) is 2.75. The SMILES string of the molecule is CC1(C)Nc2ccc(F)c(n2)[C@]2(C)N=C(NC(=O)O1)C(C)(C)S1(=O)=NCC[C@H]21. The second-order valence-electron chi connectivity index (χ2n) is 8.49. The van der Waals surface area contributed by atoms with Crippen molar-refractivity contribution in [1.29, 1.82) is 0 Å². The minimum Gasteiger partial charge on any atom is -0.423 e. The average molecular weight is 409 g/mol. The molecule has 3 atom stereocenters. The molecule has 0 fully saturated rings. The van der Waals surface area contributed by atoms with Gasteiger partial charge in [0.15, 0.2) is 5.72 Å². The van der Waals surface area contributed by atoms with Crippen molar-refractivity contribution in [1.82, 2.24) is 10.3 Å². The second kappa shape index (κ2) is 5.65. The first-order valence-electron chi connectivity index (χ1n) is 9.16. The van der Waals surface area contributed by atoms with Crippen LogP contribution in [0.15, 0.2) is 21.5 Å². The molecule has 1 unspecified atom stereocenters. The highest BCUT2D eigenvalue weighted by Gasteiger charge is 2.58. The summed E-state index contributed by atoms with van der Waals surface area (Å²) in [4.78, 5) is 21.7. The summed E-state index contributed by atoms with van der Waals surface area (Å²) in [5.41, 5.74) is -2.28. The molecule has 4 bridgehead atoms. The molecule has 0 aromatic carbocycles. The molecule has 8 nitrogen and oxygen atoms in total. The molecular weight excluding hydrogens is 385 g/mol. The Bertz CT molecular complexity index is 1030. The van der Waals surface area contributed by atoms with Crippen LogP contribution in [-0.4, -0.2) is 43.4 Å². The molecule has 3 aliphatic heterocycles. The first kappa shape index (κ1) is 19.1. The molecule has 4 heterocycles. The number of rotatable bonds is 0. The normalized spacial score (nSPS) is 35.1. The van der Waals surface area contributed by atoms with Gasteiger partial charge in [0.25, 0.3) is 0 Å². The fraction of sp³-hybridized carbons (Fsp3) is 0.611. The van der Waals surface area contributed by atoms with Crippen LogP contribution in [-0.2, 0) is 20.0 Å². The topological polar surface area (TPSA) is 105 Å². The Balaban J connectivity index is 2.04. The van der Waals surface area contributed by atoms with E-state index in [2.05, 4.69) is 20.0 Å². The number of alkyl carbamates (subject to hydrolysis) is 1. The highest BCUT2D eigenvalue weighted by atomic mass is 32.2. The number of fused-ring (bicyclic) bond motifs is 6. The van der Waals surface area contributed by atoms with Crippen molar-refractivity contribution in [2.75, 3.05) is 11.9 Å². The first-order valence-corrected chi connectivity index (χ1v) is 10.7. The predicted molar refractivity (Wildman–Crippen MR) is 104 cm³/mol. The van der Waals surface area contributed by atoms with Crippen molar-refractivity contribution in [3.8, 4) is 0 Å². The summed E-state index contributed by atoms with van der Waals surface area (Å²) in [5.74, 6) is -0.0506. The Morgan fingerprint density at radius 1 is 1.25 bits per heavy atom. The van der Waals surface area contributed by atoms with Crippen LogP contribution < -0.4 is 10.6 Å². The number of cyclic esters (lactones) is 1. The van der Waals surface area contributed by atoms with E-state index in [9.17, 15) is 13.4 Å². The molecule has 0 saturated carbocycles. The number of aliphatic imine (C=N–C) groups is 1. The van der Waals surface area contributed by atoms with Gasteiger partial charge in [0.1, 0.15) is 33.5 Å². The summed E-state index contributed by atoms with van der Waals surface area (Å²) in [5, 5.41) is 5.11. The summed E-state index contributed by atoms with van der Waals surface area (Å²) in [6.45, 7) is 8.87. The summed E-state index contributed by atoms with van der Waals surface area (Å²) < 4.78 is 37.8. The Labute approximate surface area is 163 Å². The number of hydrogen-bond acceptors (Lipinski definition) is 7. The molecule has 0 radical (unpaired) electrons. The minimum atomic E-state index is -2.87. The first-order chi connectivity index (χ1) is 12.9. The Morgan fingerprint density at radius 3 is 2.68 bits per heavy atom. The fourth-order valence-corrected chi connectivity index (χ4v) is 7.36. The van der Waals surface area contributed by atoms with Crippen molar-refractivity contribution < 1.29 is 18.1 Å². The molecule has 1 aromatic heterocycles. The van der Waals surface area contributed by atoms with Gasteiger partial charge in [-0.15, -0.1) is 0 Å². The van der Waals surface area contributed by atoms with E-state index in [-0.39, 0.29) is 11.5 Å². The van der Waals surface area contributed by atoms with E-state index in [1.807, 2.05) is 0 Å². The van der Waals surface area contributed by atoms with E-state index >= 15 is 0 Å². The van der Waals surface area contributed by atoms with Gasteiger partial charge in [-0.3, -0.25) is 10.3 Å². The number of halogens is 1. The maximum Gasteiger partial charge on any atom is 0.414 e. The zero-order chi connectivity index (χ0) is 20.5. The molecule has 1 aromatic rings. The third kappa shape index (κ3) is 2.53. The number of nitrogens with zero attached hydrogens (tertiary/aromatic N) is 3. The molecular formula is C18H24FN5O3S. The molecule has 2 N–H and O–H groups in total. The van der Waals surface area contributed by atoms with Crippen LogP contribution in [0.2, 0.25) is 0 Å². The summed E-state index contributed by atoms with van der Waals surface area (Å²) in [6, 6.07) is 2.76. The van der Waals surface area contributed by atoms with Crippen LogP contribution in [0.5, 0.6) is 0 Å². The van der Waals surface area contributed by atoms with Crippen LogP contribution in [0.25, 0.3) is 0 Å². The maximum atomic E-state index is 14.9. The smallest absolute Gasteiger partial charge is 0.414 e. The minimum absolute atomic E-state index is 0.0762. The monoisotopic (exact) mass is 409 g/mol. The van der Waals surface area contributed by atoms with Gasteiger partial charge in [-0.25, -0.2) is 22.7 Å². The zero-order valence-corrected chi connectivity index (χ0v) is 17.3. The van der Waals surface area contributed by atoms with Crippen LogP contribution in [0.1, 0.15) is 46.7 Å². The van der Waals surface area contributed by atoms with Crippen molar-refractivity contribution in [2.24, 2.45) is 9.36 Å². The van der Waals surface area contributed by atoms with Crippen molar-refractivity contribution >= 4 is 27.5 Å². The van der Waals surface area contributed by atoms with Gasteiger partial charge in [0.2, 0.25) is 0 Å². The van der Waals surface area contributed by atoms with Crippen molar-refractivity contribution in [2.45, 2.75) is 62.3 Å². The number of carbonyl (C=O) groups is 1. The number of nitrogens with one attached hydrogen (secondary N) is 2. The molecule has 28 heavy (non-hydrogen) atoms. The third-order valence-corrected chi connectivity index (χ3v) is 9.34. The number of amidine groups is 1. The Hall–Kier alpha value is -2.23. The van der Waals surface area contributed by atoms with E-state index in [0.29, 0.717) is 18.8 Å². The number of anilines is 1. The molecule has 0 aliphatic carbocycles. The van der Waals surface area contributed by atoms with Gasteiger partial charge >= 0.3 is 6.09 Å². The van der Waals surface area contributed by atoms with Crippen LogP contribution >= 0.6 is 0 Å². The Kier molecular flexibility index (Phi) is 3.85. The van der Waals surface area contributed by atoms with Crippen LogP contribution in [0.4, 0.5) is 15.0 Å². The second-order valence-corrected chi connectivity index (χ2v) is 11.5. The third-order valence-electron chi connectivity index (χ3n) is 5.66. The average Bonchev–Trinajstić information content (AvgIpc) is 2.98.